The predicted molar refractivity (Wildman–Crippen MR) is 101 cm³/mol. The highest BCUT2D eigenvalue weighted by molar-refractivity contribution is 6.00. The molecule has 132 valence electrons. The molecule has 0 radical (unpaired) electrons. The largest absolute Gasteiger partial charge is 0.497 e. The zero-order chi connectivity index (χ0) is 18.1. The Bertz CT molecular complexity index is 1120. The lowest BCUT2D eigenvalue weighted by Crippen LogP contribution is -2.32. The number of hydrogen-bond donors (Lipinski definition) is 0. The molecule has 0 fully saturated rings. The lowest BCUT2D eigenvalue weighted by Gasteiger charge is -2.01. The maximum atomic E-state index is 12.4. The first-order valence-corrected chi connectivity index (χ1v) is 8.83. The molecule has 0 aliphatic rings. The van der Waals surface area contributed by atoms with Gasteiger partial charge in [-0.2, -0.15) is 9.13 Å². The molecule has 5 heteroatoms. The Morgan fingerprint density at radius 3 is 2.50 bits per heavy atom. The van der Waals surface area contributed by atoms with Crippen molar-refractivity contribution in [3.05, 3.63) is 65.3 Å². The molecule has 0 aliphatic heterocycles. The number of fused-ring (bicyclic) bond motifs is 3. The van der Waals surface area contributed by atoms with Gasteiger partial charge in [-0.1, -0.05) is 25.5 Å². The van der Waals surface area contributed by atoms with E-state index in [4.69, 9.17) is 9.15 Å². The van der Waals surface area contributed by atoms with Gasteiger partial charge in [0.15, 0.2) is 0 Å². The molecule has 5 nitrogen and oxygen atoms in total. The SMILES string of the molecule is CCCC[n+]1cn(-c2ccc(OC)cc2)c2c3ccccc3c(=O)oc21. The van der Waals surface area contributed by atoms with Gasteiger partial charge in [-0.3, -0.25) is 0 Å². The first kappa shape index (κ1) is 16.4. The molecule has 0 N–H and O–H groups in total. The minimum absolute atomic E-state index is 0.300. The fourth-order valence-electron chi connectivity index (χ4n) is 3.28. The molecule has 0 spiro atoms. The number of aryl methyl sites for hydroxylation is 1. The summed E-state index contributed by atoms with van der Waals surface area (Å²) in [6.07, 6.45) is 4.10. The second kappa shape index (κ2) is 6.67. The molecule has 0 unspecified atom stereocenters. The Kier molecular flexibility index (Phi) is 4.21. The minimum atomic E-state index is -0.300. The maximum Gasteiger partial charge on any atom is 0.347 e. The number of unbranched alkanes of at least 4 members (excludes halogenated alkanes) is 1. The number of rotatable bonds is 5. The summed E-state index contributed by atoms with van der Waals surface area (Å²) in [6, 6.07) is 15.4. The van der Waals surface area contributed by atoms with Gasteiger partial charge in [0.1, 0.15) is 11.4 Å². The van der Waals surface area contributed by atoms with E-state index in [0.717, 1.165) is 41.7 Å². The fraction of sp³-hybridized carbons (Fsp3) is 0.238. The van der Waals surface area contributed by atoms with Gasteiger partial charge in [0, 0.05) is 5.39 Å². The zero-order valence-electron chi connectivity index (χ0n) is 14.9. The molecular formula is C21H21N2O3+. The third-order valence-corrected chi connectivity index (χ3v) is 4.65. The van der Waals surface area contributed by atoms with E-state index >= 15 is 0 Å². The number of hydrogen-bond acceptors (Lipinski definition) is 3. The van der Waals surface area contributed by atoms with Crippen LogP contribution in [0, 0.1) is 0 Å². The molecule has 0 bridgehead atoms. The first-order chi connectivity index (χ1) is 12.7. The maximum absolute atomic E-state index is 12.4. The van der Waals surface area contributed by atoms with Crippen molar-refractivity contribution in [1.82, 2.24) is 4.57 Å². The molecule has 2 aromatic heterocycles. The predicted octanol–water partition coefficient (Wildman–Crippen LogP) is 3.83. The quantitative estimate of drug-likeness (QED) is 0.515. The Hall–Kier alpha value is -3.08. The van der Waals surface area contributed by atoms with Crippen LogP contribution in [-0.2, 0) is 6.54 Å². The molecule has 0 atom stereocenters. The van der Waals surface area contributed by atoms with E-state index in [9.17, 15) is 4.79 Å². The van der Waals surface area contributed by atoms with E-state index in [1.54, 1.807) is 7.11 Å². The van der Waals surface area contributed by atoms with E-state index in [-0.39, 0.29) is 5.63 Å². The van der Waals surface area contributed by atoms with E-state index in [1.165, 1.54) is 0 Å². The fourth-order valence-corrected chi connectivity index (χ4v) is 3.28. The summed E-state index contributed by atoms with van der Waals surface area (Å²) in [7, 11) is 1.65. The lowest BCUT2D eigenvalue weighted by atomic mass is 10.1. The van der Waals surface area contributed by atoms with E-state index in [1.807, 2.05) is 59.4 Å². The van der Waals surface area contributed by atoms with Gasteiger partial charge in [-0.05, 0) is 42.8 Å². The van der Waals surface area contributed by atoms with Gasteiger partial charge in [0.25, 0.3) is 6.33 Å². The van der Waals surface area contributed by atoms with Gasteiger partial charge in [0.2, 0.25) is 5.52 Å². The normalized spacial score (nSPS) is 11.3. The van der Waals surface area contributed by atoms with E-state index < -0.39 is 0 Å². The Balaban J connectivity index is 2.04. The smallest absolute Gasteiger partial charge is 0.347 e. The van der Waals surface area contributed by atoms with Crippen LogP contribution in [0.25, 0.3) is 27.7 Å². The summed E-state index contributed by atoms with van der Waals surface area (Å²) in [6.45, 7) is 2.95. The molecular weight excluding hydrogens is 328 g/mol. The van der Waals surface area contributed by atoms with Crippen LogP contribution in [0.2, 0.25) is 0 Å². The summed E-state index contributed by atoms with van der Waals surface area (Å²) in [5.41, 5.74) is 2.20. The molecule has 2 aromatic carbocycles. The van der Waals surface area contributed by atoms with Gasteiger partial charge in [0.05, 0.1) is 19.0 Å². The molecule has 0 saturated carbocycles. The summed E-state index contributed by atoms with van der Waals surface area (Å²) >= 11 is 0. The lowest BCUT2D eigenvalue weighted by molar-refractivity contribution is -0.678. The topological polar surface area (TPSA) is 48.2 Å². The van der Waals surface area contributed by atoms with Gasteiger partial charge in [-0.25, -0.2) is 4.79 Å². The van der Waals surface area contributed by atoms with Crippen molar-refractivity contribution >= 4 is 22.0 Å². The first-order valence-electron chi connectivity index (χ1n) is 8.83. The monoisotopic (exact) mass is 349 g/mol. The van der Waals surface area contributed by atoms with Gasteiger partial charge < -0.3 is 9.15 Å². The highest BCUT2D eigenvalue weighted by atomic mass is 16.5. The van der Waals surface area contributed by atoms with Crippen molar-refractivity contribution in [3.63, 3.8) is 0 Å². The molecule has 4 rings (SSSR count). The van der Waals surface area contributed by atoms with Gasteiger partial charge in [-0.15, -0.1) is 0 Å². The number of benzene rings is 2. The van der Waals surface area contributed by atoms with E-state index in [0.29, 0.717) is 11.1 Å². The van der Waals surface area contributed by atoms with Crippen molar-refractivity contribution in [2.45, 2.75) is 26.3 Å². The van der Waals surface area contributed by atoms with Crippen LogP contribution in [0.1, 0.15) is 19.8 Å². The second-order valence-corrected chi connectivity index (χ2v) is 6.32. The molecule has 0 saturated heterocycles. The molecule has 0 amide bonds. The average Bonchev–Trinajstić information content (AvgIpc) is 3.05. The van der Waals surface area contributed by atoms with Crippen LogP contribution in [0.3, 0.4) is 0 Å². The zero-order valence-corrected chi connectivity index (χ0v) is 14.9. The minimum Gasteiger partial charge on any atom is -0.497 e. The Labute approximate surface area is 151 Å². The third kappa shape index (κ3) is 2.65. The Morgan fingerprint density at radius 2 is 1.81 bits per heavy atom. The van der Waals surface area contributed by atoms with Crippen molar-refractivity contribution in [2.24, 2.45) is 0 Å². The molecule has 4 aromatic rings. The van der Waals surface area contributed by atoms with Crippen molar-refractivity contribution in [2.75, 3.05) is 7.11 Å². The summed E-state index contributed by atoms with van der Waals surface area (Å²) < 4.78 is 15.1. The number of ether oxygens (including phenoxy) is 1. The summed E-state index contributed by atoms with van der Waals surface area (Å²) in [4.78, 5) is 12.4. The van der Waals surface area contributed by atoms with Crippen LogP contribution >= 0.6 is 0 Å². The van der Waals surface area contributed by atoms with Crippen LogP contribution in [-0.4, -0.2) is 11.7 Å². The number of aromatic nitrogens is 2. The number of methoxy groups -OCH3 is 1. The number of nitrogens with zero attached hydrogens (tertiary/aromatic N) is 2. The average molecular weight is 349 g/mol. The van der Waals surface area contributed by atoms with Crippen molar-refractivity contribution in [1.29, 1.82) is 0 Å². The van der Waals surface area contributed by atoms with Crippen LogP contribution in [0.15, 0.2) is 64.1 Å². The molecule has 0 aliphatic carbocycles. The third-order valence-electron chi connectivity index (χ3n) is 4.65. The van der Waals surface area contributed by atoms with Crippen LogP contribution in [0.4, 0.5) is 0 Å². The summed E-state index contributed by atoms with van der Waals surface area (Å²) in [5, 5.41) is 1.49. The summed E-state index contributed by atoms with van der Waals surface area (Å²) in [5.74, 6) is 0.806. The molecule has 2 heterocycles. The second-order valence-electron chi connectivity index (χ2n) is 6.32. The standard InChI is InChI=1S/C21H21N2O3/c1-3-4-13-22-14-23(15-9-11-16(25-2)12-10-15)19-17-7-5-6-8-18(17)21(24)26-20(19)22/h5-12,14H,3-4,13H2,1-2H3/q+1. The van der Waals surface area contributed by atoms with Crippen molar-refractivity contribution in [3.8, 4) is 11.4 Å². The highest BCUT2D eigenvalue weighted by Crippen LogP contribution is 2.25. The van der Waals surface area contributed by atoms with Crippen LogP contribution in [0.5, 0.6) is 5.75 Å². The number of imidazole rings is 1. The molecule has 26 heavy (non-hydrogen) atoms. The Morgan fingerprint density at radius 1 is 1.08 bits per heavy atom. The van der Waals surface area contributed by atoms with E-state index in [2.05, 4.69) is 11.5 Å². The van der Waals surface area contributed by atoms with Gasteiger partial charge >= 0.3 is 11.3 Å². The van der Waals surface area contributed by atoms with Crippen molar-refractivity contribution < 1.29 is 13.7 Å². The van der Waals surface area contributed by atoms with Crippen LogP contribution < -0.4 is 14.9 Å². The highest BCUT2D eigenvalue weighted by Gasteiger charge is 2.23.